The van der Waals surface area contributed by atoms with Gasteiger partial charge in [-0.25, -0.2) is 0 Å². The average molecular weight is 338 g/mol. The highest BCUT2D eigenvalue weighted by atomic mass is 16.5. The number of fused-ring (bicyclic) bond motifs is 1. The van der Waals surface area contributed by atoms with E-state index in [0.29, 0.717) is 18.7 Å². The van der Waals surface area contributed by atoms with Crippen molar-refractivity contribution in [2.45, 2.75) is 26.2 Å². The molecule has 0 spiro atoms. The topological polar surface area (TPSA) is 67.4 Å². The molecule has 0 fully saturated rings. The normalized spacial score (nSPS) is 12.2. The number of hydrogen-bond acceptors (Lipinski definition) is 3. The monoisotopic (exact) mass is 338 g/mol. The lowest BCUT2D eigenvalue weighted by molar-refractivity contribution is -0.136. The molecule has 5 nitrogen and oxygen atoms in total. The first-order chi connectivity index (χ1) is 12.2. The largest absolute Gasteiger partial charge is 0.493 e. The molecule has 2 aromatic carbocycles. The summed E-state index contributed by atoms with van der Waals surface area (Å²) in [5.74, 6) is -0.322. The number of rotatable bonds is 5. The molecule has 1 aliphatic rings. The Labute approximate surface area is 147 Å². The van der Waals surface area contributed by atoms with Crippen LogP contribution in [0.2, 0.25) is 0 Å². The fourth-order valence-corrected chi connectivity index (χ4v) is 2.81. The number of nitrogens with one attached hydrogen (secondary N) is 2. The van der Waals surface area contributed by atoms with E-state index < -0.39 is 11.8 Å². The second-order valence-corrected chi connectivity index (χ2v) is 6.05. The van der Waals surface area contributed by atoms with E-state index in [0.717, 1.165) is 30.8 Å². The quantitative estimate of drug-likeness (QED) is 0.823. The summed E-state index contributed by atoms with van der Waals surface area (Å²) in [4.78, 5) is 23.8. The van der Waals surface area contributed by atoms with Crippen LogP contribution in [0.4, 0.5) is 5.69 Å². The van der Waals surface area contributed by atoms with E-state index in [2.05, 4.69) is 23.6 Å². The van der Waals surface area contributed by atoms with E-state index in [-0.39, 0.29) is 0 Å². The van der Waals surface area contributed by atoms with Gasteiger partial charge in [-0.3, -0.25) is 9.59 Å². The fraction of sp³-hybridized carbons (Fsp3) is 0.300. The second kappa shape index (κ2) is 7.83. The molecule has 5 heteroatoms. The van der Waals surface area contributed by atoms with E-state index in [4.69, 9.17) is 4.74 Å². The third kappa shape index (κ3) is 4.38. The highest BCUT2D eigenvalue weighted by molar-refractivity contribution is 6.39. The zero-order chi connectivity index (χ0) is 17.6. The van der Waals surface area contributed by atoms with Crippen LogP contribution in [0.25, 0.3) is 0 Å². The summed E-state index contributed by atoms with van der Waals surface area (Å²) in [6.45, 7) is 3.21. The lowest BCUT2D eigenvalue weighted by Crippen LogP contribution is -2.36. The van der Waals surface area contributed by atoms with Gasteiger partial charge in [-0.2, -0.15) is 0 Å². The Morgan fingerprint density at radius 1 is 1.04 bits per heavy atom. The summed E-state index contributed by atoms with van der Waals surface area (Å²) in [5, 5.41) is 5.27. The first-order valence-electron chi connectivity index (χ1n) is 8.58. The Morgan fingerprint density at radius 3 is 2.56 bits per heavy atom. The van der Waals surface area contributed by atoms with Gasteiger partial charge in [-0.15, -0.1) is 0 Å². The summed E-state index contributed by atoms with van der Waals surface area (Å²) in [6, 6.07) is 13.5. The standard InChI is InChI=1S/C20H22N2O3/c1-2-14-3-6-17(7-4-14)22-20(24)19(23)21-11-9-15-5-8-18-16(13-15)10-12-25-18/h3-8,13H,2,9-12H2,1H3,(H,21,23)(H,22,24). The third-order valence-corrected chi connectivity index (χ3v) is 4.28. The number of carbonyl (C=O) groups is 2. The van der Waals surface area contributed by atoms with E-state index in [9.17, 15) is 9.59 Å². The predicted molar refractivity (Wildman–Crippen MR) is 96.8 cm³/mol. The minimum absolute atomic E-state index is 0.417. The summed E-state index contributed by atoms with van der Waals surface area (Å²) in [6.07, 6.45) is 2.54. The molecule has 25 heavy (non-hydrogen) atoms. The minimum atomic E-state index is -0.647. The van der Waals surface area contributed by atoms with Crippen LogP contribution in [0.5, 0.6) is 5.75 Å². The van der Waals surface area contributed by atoms with E-state index in [1.807, 2.05) is 24.3 Å². The maximum absolute atomic E-state index is 11.9. The zero-order valence-corrected chi connectivity index (χ0v) is 14.3. The molecule has 1 aliphatic heterocycles. The molecule has 0 radical (unpaired) electrons. The molecule has 0 aromatic heterocycles. The third-order valence-electron chi connectivity index (χ3n) is 4.28. The second-order valence-electron chi connectivity index (χ2n) is 6.05. The number of amides is 2. The van der Waals surface area contributed by atoms with Gasteiger partial charge in [0.2, 0.25) is 0 Å². The summed E-state index contributed by atoms with van der Waals surface area (Å²) >= 11 is 0. The highest BCUT2D eigenvalue weighted by Gasteiger charge is 2.14. The van der Waals surface area contributed by atoms with Crippen molar-refractivity contribution in [3.63, 3.8) is 0 Å². The van der Waals surface area contributed by atoms with Gasteiger partial charge in [0.1, 0.15) is 5.75 Å². The van der Waals surface area contributed by atoms with Crippen LogP contribution in [0.1, 0.15) is 23.6 Å². The van der Waals surface area contributed by atoms with Crippen LogP contribution in [0.3, 0.4) is 0 Å². The molecule has 130 valence electrons. The summed E-state index contributed by atoms with van der Waals surface area (Å²) in [7, 11) is 0. The van der Waals surface area contributed by atoms with Crippen LogP contribution >= 0.6 is 0 Å². The van der Waals surface area contributed by atoms with Crippen LogP contribution in [0.15, 0.2) is 42.5 Å². The SMILES string of the molecule is CCc1ccc(NC(=O)C(=O)NCCc2ccc3c(c2)CCO3)cc1. The van der Waals surface area contributed by atoms with Gasteiger partial charge in [0.15, 0.2) is 0 Å². The number of benzene rings is 2. The molecule has 0 unspecified atom stereocenters. The number of anilines is 1. The first kappa shape index (κ1) is 17.0. The first-order valence-corrected chi connectivity index (χ1v) is 8.58. The van der Waals surface area contributed by atoms with Crippen molar-refractivity contribution >= 4 is 17.5 Å². The molecule has 2 N–H and O–H groups in total. The molecule has 0 saturated heterocycles. The number of carbonyl (C=O) groups excluding carboxylic acids is 2. The van der Waals surface area contributed by atoms with Gasteiger partial charge in [-0.05, 0) is 47.7 Å². The Hall–Kier alpha value is -2.82. The van der Waals surface area contributed by atoms with Crippen molar-refractivity contribution in [3.8, 4) is 5.75 Å². The van der Waals surface area contributed by atoms with Gasteiger partial charge in [0.05, 0.1) is 6.61 Å². The molecule has 2 amide bonds. The highest BCUT2D eigenvalue weighted by Crippen LogP contribution is 2.25. The van der Waals surface area contributed by atoms with Crippen LogP contribution in [-0.4, -0.2) is 25.0 Å². The lowest BCUT2D eigenvalue weighted by Gasteiger charge is -2.08. The molecule has 0 saturated carbocycles. The van der Waals surface area contributed by atoms with Crippen molar-refractivity contribution < 1.29 is 14.3 Å². The van der Waals surface area contributed by atoms with Crippen molar-refractivity contribution in [3.05, 3.63) is 59.2 Å². The fourth-order valence-electron chi connectivity index (χ4n) is 2.81. The average Bonchev–Trinajstić information content (AvgIpc) is 3.10. The molecule has 2 aromatic rings. The Kier molecular flexibility index (Phi) is 5.33. The van der Waals surface area contributed by atoms with Crippen molar-refractivity contribution in [1.82, 2.24) is 5.32 Å². The van der Waals surface area contributed by atoms with Crippen molar-refractivity contribution in [1.29, 1.82) is 0 Å². The van der Waals surface area contributed by atoms with Gasteiger partial charge >= 0.3 is 11.8 Å². The molecule has 1 heterocycles. The van der Waals surface area contributed by atoms with Gasteiger partial charge in [-0.1, -0.05) is 31.2 Å². The maximum Gasteiger partial charge on any atom is 0.313 e. The molecular weight excluding hydrogens is 316 g/mol. The molecule has 0 atom stereocenters. The molecular formula is C20H22N2O3. The maximum atomic E-state index is 11.9. The van der Waals surface area contributed by atoms with E-state index >= 15 is 0 Å². The number of aryl methyl sites for hydroxylation is 1. The number of hydrogen-bond donors (Lipinski definition) is 2. The van der Waals surface area contributed by atoms with Gasteiger partial charge in [0.25, 0.3) is 0 Å². The van der Waals surface area contributed by atoms with Crippen molar-refractivity contribution in [2.75, 3.05) is 18.5 Å². The van der Waals surface area contributed by atoms with E-state index in [1.54, 1.807) is 12.1 Å². The minimum Gasteiger partial charge on any atom is -0.493 e. The predicted octanol–water partition coefficient (Wildman–Crippen LogP) is 2.48. The van der Waals surface area contributed by atoms with Gasteiger partial charge in [0, 0.05) is 18.7 Å². The summed E-state index contributed by atoms with van der Waals surface area (Å²) < 4.78 is 5.48. The van der Waals surface area contributed by atoms with Crippen LogP contribution < -0.4 is 15.4 Å². The Balaban J connectivity index is 1.46. The van der Waals surface area contributed by atoms with Crippen LogP contribution in [-0.2, 0) is 28.9 Å². The van der Waals surface area contributed by atoms with Gasteiger partial charge < -0.3 is 15.4 Å². The molecule has 0 bridgehead atoms. The number of ether oxygens (including phenoxy) is 1. The Bertz CT molecular complexity index is 769. The smallest absolute Gasteiger partial charge is 0.313 e. The molecule has 0 aliphatic carbocycles. The molecule has 3 rings (SSSR count). The zero-order valence-electron chi connectivity index (χ0n) is 14.3. The van der Waals surface area contributed by atoms with Crippen molar-refractivity contribution in [2.24, 2.45) is 0 Å². The van der Waals surface area contributed by atoms with Crippen LogP contribution in [0, 0.1) is 0 Å². The Morgan fingerprint density at radius 2 is 1.80 bits per heavy atom. The summed E-state index contributed by atoms with van der Waals surface area (Å²) in [5.41, 5.74) is 4.13. The lowest BCUT2D eigenvalue weighted by atomic mass is 10.1. The van der Waals surface area contributed by atoms with E-state index in [1.165, 1.54) is 11.1 Å².